The van der Waals surface area contributed by atoms with Crippen molar-refractivity contribution in [1.82, 2.24) is 0 Å². The minimum atomic E-state index is -5.92. The van der Waals surface area contributed by atoms with E-state index in [-0.39, 0.29) is 21.8 Å². The lowest BCUT2D eigenvalue weighted by Crippen LogP contribution is -2.54. The quantitative estimate of drug-likeness (QED) is 0.0499. The van der Waals surface area contributed by atoms with Crippen molar-refractivity contribution >= 4 is 60.1 Å². The van der Waals surface area contributed by atoms with Crippen LogP contribution in [0.15, 0.2) is 129 Å². The van der Waals surface area contributed by atoms with E-state index in [2.05, 4.69) is 8.83 Å². The highest BCUT2D eigenvalue weighted by atomic mass is 32.2. The van der Waals surface area contributed by atoms with E-state index in [0.717, 1.165) is 6.07 Å². The molecule has 0 fully saturated rings. The molecule has 0 aliphatic carbocycles. The zero-order valence-electron chi connectivity index (χ0n) is 29.7. The van der Waals surface area contributed by atoms with E-state index >= 15 is 0 Å². The van der Waals surface area contributed by atoms with Crippen molar-refractivity contribution in [3.05, 3.63) is 149 Å². The molecule has 0 amide bonds. The van der Waals surface area contributed by atoms with Gasteiger partial charge in [0.05, 0.1) is 48.3 Å². The molecule has 7 aromatic rings. The van der Waals surface area contributed by atoms with Gasteiger partial charge >= 0.3 is 40.8 Å². The van der Waals surface area contributed by atoms with E-state index < -0.39 is 117 Å². The standard InChI is InChI=1S/C22H18F6N4O3.C16H6O8S/c23-21(24,25)20(22(26,27)28,11-1-3-17(33)15(31)7-11)12-2-4-18(16(32)8-12)35-19(34)10-5-13(29)9-14(30)6-10;17-13-8-6-9(25(21,22)7-4-2-1-3-5-7)11-12(10(8)14(18)23-13)16(20)24-15(11)19/h1-9,33H,29-32H2;1-6H. The number of furan rings is 2. The number of esters is 1. The Hall–Kier alpha value is -7.62. The lowest BCUT2D eigenvalue weighted by Gasteiger charge is -2.38. The fourth-order valence-corrected chi connectivity index (χ4v) is 7.85. The Balaban J connectivity index is 0.000000212. The van der Waals surface area contributed by atoms with Crippen LogP contribution in [-0.4, -0.2) is 31.8 Å². The van der Waals surface area contributed by atoms with Gasteiger partial charge in [0.2, 0.25) is 15.3 Å². The molecule has 0 unspecified atom stereocenters. The molecule has 0 radical (unpaired) electrons. The SMILES string of the molecule is Nc1cc(N)cc(C(=O)Oc2ccc(C(c3ccc(O)c(N)c3)(C(F)(F)F)C(F)(F)F)cc2N)c1.O=c1oc(=O)c2c1cc(S(=O)(=O)c1ccccc1)c1c(=O)oc(=O)c12. The summed E-state index contributed by atoms with van der Waals surface area (Å²) < 4.78 is 125. The van der Waals surface area contributed by atoms with Crippen LogP contribution in [0.5, 0.6) is 11.5 Å². The van der Waals surface area contributed by atoms with Crippen molar-refractivity contribution in [2.24, 2.45) is 0 Å². The smallest absolute Gasteiger partial charge is 0.411 e. The van der Waals surface area contributed by atoms with Gasteiger partial charge in [0.1, 0.15) is 5.75 Å². The summed E-state index contributed by atoms with van der Waals surface area (Å²) in [5.41, 5.74) is 9.20. The number of halogens is 6. The van der Waals surface area contributed by atoms with E-state index in [0.29, 0.717) is 36.4 Å². The predicted molar refractivity (Wildman–Crippen MR) is 202 cm³/mol. The summed E-state index contributed by atoms with van der Waals surface area (Å²) in [4.78, 5) is 59.2. The molecule has 15 nitrogen and oxygen atoms in total. The molecule has 0 aliphatic rings. The number of carbonyl (C=O) groups excluding carboxylic acids is 1. The Morgan fingerprint density at radius 1 is 0.617 bits per heavy atom. The van der Waals surface area contributed by atoms with Crippen molar-refractivity contribution in [1.29, 1.82) is 0 Å². The van der Waals surface area contributed by atoms with Crippen LogP contribution in [0, 0.1) is 0 Å². The minimum Gasteiger partial charge on any atom is -0.506 e. The van der Waals surface area contributed by atoms with Crippen molar-refractivity contribution < 1.29 is 58.2 Å². The van der Waals surface area contributed by atoms with Crippen LogP contribution in [0.3, 0.4) is 0 Å². The van der Waals surface area contributed by atoms with Gasteiger partial charge in [-0.25, -0.2) is 32.4 Å². The molecule has 0 saturated heterocycles. The molecule has 0 saturated carbocycles. The number of fused-ring (bicyclic) bond motifs is 3. The first kappa shape index (κ1) is 42.0. The van der Waals surface area contributed by atoms with E-state index in [1.807, 2.05) is 0 Å². The fraction of sp³-hybridized carbons (Fsp3) is 0.0789. The lowest BCUT2D eigenvalue weighted by molar-refractivity contribution is -0.288. The van der Waals surface area contributed by atoms with E-state index in [1.54, 1.807) is 6.07 Å². The molecule has 0 bridgehead atoms. The Morgan fingerprint density at radius 3 is 1.68 bits per heavy atom. The van der Waals surface area contributed by atoms with Gasteiger partial charge < -0.3 is 41.6 Å². The molecule has 5 aromatic carbocycles. The maximum atomic E-state index is 14.2. The van der Waals surface area contributed by atoms with Crippen molar-refractivity contribution in [3.63, 3.8) is 0 Å². The van der Waals surface area contributed by atoms with Crippen LogP contribution in [0.2, 0.25) is 0 Å². The van der Waals surface area contributed by atoms with Gasteiger partial charge in [0.15, 0.2) is 5.75 Å². The number of hydrogen-bond acceptors (Lipinski definition) is 15. The Labute approximate surface area is 329 Å². The third-order valence-electron chi connectivity index (χ3n) is 9.01. The number of aromatic hydroxyl groups is 1. The molecule has 2 aromatic heterocycles. The summed E-state index contributed by atoms with van der Waals surface area (Å²) in [6.07, 6.45) is -11.8. The van der Waals surface area contributed by atoms with Gasteiger partial charge in [0, 0.05) is 11.4 Å². The molecular formula is C38H24F6N4O11S. The largest absolute Gasteiger partial charge is 0.506 e. The summed E-state index contributed by atoms with van der Waals surface area (Å²) in [5.74, 6) is -2.24. The Kier molecular flexibility index (Phi) is 10.2. The monoisotopic (exact) mass is 858 g/mol. The number of benzene rings is 5. The molecule has 9 N–H and O–H groups in total. The number of alkyl halides is 6. The number of phenols is 1. The second-order valence-corrected chi connectivity index (χ2v) is 14.7. The first-order valence-electron chi connectivity index (χ1n) is 16.4. The van der Waals surface area contributed by atoms with Gasteiger partial charge in [-0.15, -0.1) is 0 Å². The number of carbonyl (C=O) groups is 1. The highest BCUT2D eigenvalue weighted by molar-refractivity contribution is 7.91. The van der Waals surface area contributed by atoms with Gasteiger partial charge in [0.25, 0.3) is 0 Å². The molecule has 310 valence electrons. The van der Waals surface area contributed by atoms with E-state index in [1.165, 1.54) is 42.5 Å². The van der Waals surface area contributed by atoms with Gasteiger partial charge in [-0.1, -0.05) is 30.3 Å². The highest BCUT2D eigenvalue weighted by Crippen LogP contribution is 2.57. The second kappa shape index (κ2) is 14.6. The number of rotatable bonds is 6. The van der Waals surface area contributed by atoms with Gasteiger partial charge in [-0.05, 0) is 71.8 Å². The molecule has 0 aliphatic heterocycles. The van der Waals surface area contributed by atoms with Crippen LogP contribution < -0.4 is 50.2 Å². The zero-order valence-corrected chi connectivity index (χ0v) is 30.5. The average Bonchev–Trinajstić information content (AvgIpc) is 3.61. The van der Waals surface area contributed by atoms with Crippen LogP contribution in [0.25, 0.3) is 21.5 Å². The van der Waals surface area contributed by atoms with Crippen LogP contribution >= 0.6 is 0 Å². The van der Waals surface area contributed by atoms with Crippen molar-refractivity contribution in [2.45, 2.75) is 27.6 Å². The third kappa shape index (κ3) is 7.01. The summed E-state index contributed by atoms with van der Waals surface area (Å²) in [5, 5.41) is 7.52. The Morgan fingerprint density at radius 2 is 1.13 bits per heavy atom. The molecule has 60 heavy (non-hydrogen) atoms. The van der Waals surface area contributed by atoms with E-state index in [4.69, 9.17) is 27.7 Å². The molecule has 22 heteroatoms. The number of sulfone groups is 1. The minimum absolute atomic E-state index is 0.119. The number of phenolic OH excluding ortho intramolecular Hbond substituents is 1. The first-order chi connectivity index (χ1) is 27.9. The zero-order chi connectivity index (χ0) is 44.3. The molecule has 7 rings (SSSR count). The van der Waals surface area contributed by atoms with Gasteiger partial charge in [-0.3, -0.25) is 0 Å². The summed E-state index contributed by atoms with van der Waals surface area (Å²) in [6, 6.07) is 14.8. The molecule has 2 heterocycles. The highest BCUT2D eigenvalue weighted by Gasteiger charge is 2.72. The number of hydrogen-bond donors (Lipinski definition) is 5. The van der Waals surface area contributed by atoms with Crippen molar-refractivity contribution in [3.8, 4) is 11.5 Å². The third-order valence-corrected chi connectivity index (χ3v) is 10.8. The average molecular weight is 859 g/mol. The molecule has 0 atom stereocenters. The number of anilines is 4. The predicted octanol–water partition coefficient (Wildman–Crippen LogP) is 4.68. The lowest BCUT2D eigenvalue weighted by atomic mass is 9.72. The number of ether oxygens (including phenoxy) is 1. The summed E-state index contributed by atoms with van der Waals surface area (Å²) in [6.45, 7) is 0. The summed E-state index contributed by atoms with van der Waals surface area (Å²) in [7, 11) is -4.26. The maximum Gasteiger partial charge on any atom is 0.411 e. The van der Waals surface area contributed by atoms with Crippen LogP contribution in [-0.2, 0) is 15.3 Å². The molecule has 0 spiro atoms. The fourth-order valence-electron chi connectivity index (χ4n) is 6.35. The topological polar surface area (TPSA) is 279 Å². The number of nitrogens with two attached hydrogens (primary N) is 4. The van der Waals surface area contributed by atoms with Crippen molar-refractivity contribution in [2.75, 3.05) is 22.9 Å². The normalized spacial score (nSPS) is 12.3. The van der Waals surface area contributed by atoms with Crippen LogP contribution in [0.4, 0.5) is 49.1 Å². The second-order valence-electron chi connectivity index (χ2n) is 12.8. The number of nitrogen functional groups attached to an aromatic ring is 4. The van der Waals surface area contributed by atoms with Gasteiger partial charge in [-0.2, -0.15) is 26.3 Å². The molecular weight excluding hydrogens is 834 g/mol. The first-order valence-corrected chi connectivity index (χ1v) is 17.9. The maximum absolute atomic E-state index is 14.2. The summed E-state index contributed by atoms with van der Waals surface area (Å²) >= 11 is 0. The Bertz CT molecular complexity index is 3160. The van der Waals surface area contributed by atoms with E-state index in [9.17, 15) is 63.8 Å². The van der Waals surface area contributed by atoms with Crippen LogP contribution in [0.1, 0.15) is 21.5 Å².